The van der Waals surface area contributed by atoms with Gasteiger partial charge in [0.15, 0.2) is 0 Å². The molecule has 1 heteroatoms. The molecule has 108 valence electrons. The van der Waals surface area contributed by atoms with Crippen molar-refractivity contribution >= 4 is 0 Å². The Labute approximate surface area is 123 Å². The summed E-state index contributed by atoms with van der Waals surface area (Å²) in [7, 11) is 0. The molecule has 0 spiro atoms. The van der Waals surface area contributed by atoms with Gasteiger partial charge in [0.05, 0.1) is 0 Å². The molecule has 4 rings (SSSR count). The molecule has 20 heavy (non-hydrogen) atoms. The van der Waals surface area contributed by atoms with Crippen LogP contribution in [0.4, 0.5) is 0 Å². The third-order valence-corrected chi connectivity index (χ3v) is 6.01. The average molecular weight is 269 g/mol. The molecule has 0 amide bonds. The first-order valence-corrected chi connectivity index (χ1v) is 8.66. The van der Waals surface area contributed by atoms with Gasteiger partial charge in [0.25, 0.3) is 0 Å². The van der Waals surface area contributed by atoms with Gasteiger partial charge in [-0.15, -0.1) is 0 Å². The fourth-order valence-corrected chi connectivity index (χ4v) is 4.74. The van der Waals surface area contributed by atoms with E-state index < -0.39 is 0 Å². The van der Waals surface area contributed by atoms with Crippen molar-refractivity contribution in [3.63, 3.8) is 0 Å². The zero-order valence-electron chi connectivity index (χ0n) is 12.6. The van der Waals surface area contributed by atoms with Gasteiger partial charge in [-0.3, -0.25) is 0 Å². The van der Waals surface area contributed by atoms with E-state index in [1.165, 1.54) is 38.6 Å². The Bertz CT molecular complexity index is 470. The first-order chi connectivity index (χ1) is 9.85. The topological polar surface area (TPSA) is 12.0 Å². The highest BCUT2D eigenvalue weighted by molar-refractivity contribution is 5.40. The van der Waals surface area contributed by atoms with Crippen molar-refractivity contribution in [3.05, 3.63) is 35.4 Å². The van der Waals surface area contributed by atoms with Gasteiger partial charge in [-0.1, -0.05) is 31.2 Å². The van der Waals surface area contributed by atoms with E-state index in [0.29, 0.717) is 0 Å². The molecule has 3 aliphatic carbocycles. The maximum absolute atomic E-state index is 3.88. The van der Waals surface area contributed by atoms with Crippen LogP contribution in [-0.4, -0.2) is 12.6 Å². The molecule has 0 radical (unpaired) electrons. The molecule has 2 saturated carbocycles. The molecule has 0 heterocycles. The van der Waals surface area contributed by atoms with Gasteiger partial charge in [0, 0.05) is 6.04 Å². The van der Waals surface area contributed by atoms with E-state index in [-0.39, 0.29) is 0 Å². The van der Waals surface area contributed by atoms with E-state index in [4.69, 9.17) is 0 Å². The standard InChI is InChI=1S/C19H27N/c1-2-7-20-19(17-10-14-9-15(14)11-17)12-16-8-13-5-3-4-6-18(13)16/h3-6,14-17,19-20H,2,7-12H2,1H3. The summed E-state index contributed by atoms with van der Waals surface area (Å²) < 4.78 is 0. The van der Waals surface area contributed by atoms with Crippen LogP contribution < -0.4 is 5.32 Å². The van der Waals surface area contributed by atoms with Crippen LogP contribution >= 0.6 is 0 Å². The van der Waals surface area contributed by atoms with Crippen molar-refractivity contribution in [2.45, 2.75) is 57.4 Å². The predicted molar refractivity (Wildman–Crippen MR) is 83.9 cm³/mol. The minimum atomic E-state index is 0.779. The van der Waals surface area contributed by atoms with Gasteiger partial charge in [-0.2, -0.15) is 0 Å². The van der Waals surface area contributed by atoms with Gasteiger partial charge in [-0.25, -0.2) is 0 Å². The highest BCUT2D eigenvalue weighted by atomic mass is 14.9. The van der Waals surface area contributed by atoms with Crippen LogP contribution in [0.25, 0.3) is 0 Å². The molecule has 1 nitrogen and oxygen atoms in total. The third-order valence-electron chi connectivity index (χ3n) is 6.01. The van der Waals surface area contributed by atoms with Crippen LogP contribution in [0.15, 0.2) is 24.3 Å². The molecule has 0 saturated heterocycles. The minimum Gasteiger partial charge on any atom is -0.314 e. The molecule has 0 bridgehead atoms. The van der Waals surface area contributed by atoms with E-state index in [9.17, 15) is 0 Å². The van der Waals surface area contributed by atoms with Crippen LogP contribution in [0.2, 0.25) is 0 Å². The van der Waals surface area contributed by atoms with Crippen molar-refractivity contribution in [2.24, 2.45) is 17.8 Å². The summed E-state index contributed by atoms with van der Waals surface area (Å²) in [6, 6.07) is 9.84. The lowest BCUT2D eigenvalue weighted by molar-refractivity contribution is 0.294. The zero-order chi connectivity index (χ0) is 13.5. The lowest BCUT2D eigenvalue weighted by atomic mass is 9.72. The number of hydrogen-bond acceptors (Lipinski definition) is 1. The summed E-state index contributed by atoms with van der Waals surface area (Å²) in [4.78, 5) is 0. The second-order valence-electron chi connectivity index (χ2n) is 7.38. The first-order valence-electron chi connectivity index (χ1n) is 8.66. The molecule has 1 aromatic carbocycles. The highest BCUT2D eigenvalue weighted by Crippen LogP contribution is 2.56. The summed E-state index contributed by atoms with van der Waals surface area (Å²) in [6.07, 6.45) is 8.53. The van der Waals surface area contributed by atoms with Crippen LogP contribution in [0.5, 0.6) is 0 Å². The van der Waals surface area contributed by atoms with Gasteiger partial charge >= 0.3 is 0 Å². The van der Waals surface area contributed by atoms with Crippen molar-refractivity contribution in [3.8, 4) is 0 Å². The van der Waals surface area contributed by atoms with Crippen LogP contribution in [-0.2, 0) is 6.42 Å². The van der Waals surface area contributed by atoms with Crippen molar-refractivity contribution < 1.29 is 0 Å². The Morgan fingerprint density at radius 2 is 1.95 bits per heavy atom. The monoisotopic (exact) mass is 269 g/mol. The molecular formula is C19H27N. The second kappa shape index (κ2) is 5.18. The summed E-state index contributed by atoms with van der Waals surface area (Å²) in [6.45, 7) is 3.49. The summed E-state index contributed by atoms with van der Waals surface area (Å²) in [5.74, 6) is 4.02. The molecular weight excluding hydrogens is 242 g/mol. The number of rotatable bonds is 6. The largest absolute Gasteiger partial charge is 0.314 e. The number of hydrogen-bond donors (Lipinski definition) is 1. The average Bonchev–Trinajstić information content (AvgIpc) is 3.06. The minimum absolute atomic E-state index is 0.779. The van der Waals surface area contributed by atoms with Gasteiger partial charge in [0.1, 0.15) is 0 Å². The number of fused-ring (bicyclic) bond motifs is 2. The van der Waals surface area contributed by atoms with Crippen molar-refractivity contribution in [1.29, 1.82) is 0 Å². The quantitative estimate of drug-likeness (QED) is 0.818. The predicted octanol–water partition coefficient (Wildman–Crippen LogP) is 4.13. The Morgan fingerprint density at radius 1 is 1.15 bits per heavy atom. The van der Waals surface area contributed by atoms with Crippen LogP contribution in [0, 0.1) is 17.8 Å². The maximum atomic E-state index is 3.88. The maximum Gasteiger partial charge on any atom is 0.0101 e. The van der Waals surface area contributed by atoms with Crippen LogP contribution in [0.3, 0.4) is 0 Å². The first kappa shape index (κ1) is 12.9. The summed E-state index contributed by atoms with van der Waals surface area (Å²) in [5, 5.41) is 3.88. The Hall–Kier alpha value is -0.820. The molecule has 2 fully saturated rings. The van der Waals surface area contributed by atoms with Gasteiger partial charge in [0.2, 0.25) is 0 Å². The smallest absolute Gasteiger partial charge is 0.0101 e. The summed E-state index contributed by atoms with van der Waals surface area (Å²) in [5.41, 5.74) is 3.24. The Kier molecular flexibility index (Phi) is 3.34. The molecule has 1 aromatic rings. The number of nitrogens with one attached hydrogen (secondary N) is 1. The van der Waals surface area contributed by atoms with E-state index in [1.807, 2.05) is 0 Å². The molecule has 1 N–H and O–H groups in total. The molecule has 4 atom stereocenters. The number of benzene rings is 1. The van der Waals surface area contributed by atoms with Crippen LogP contribution in [0.1, 0.15) is 56.1 Å². The van der Waals surface area contributed by atoms with E-state index in [2.05, 4.69) is 36.5 Å². The lowest BCUT2D eigenvalue weighted by Gasteiger charge is -2.36. The van der Waals surface area contributed by atoms with E-state index >= 15 is 0 Å². The second-order valence-corrected chi connectivity index (χ2v) is 7.38. The highest BCUT2D eigenvalue weighted by Gasteiger charge is 2.48. The Morgan fingerprint density at radius 3 is 2.70 bits per heavy atom. The molecule has 0 aromatic heterocycles. The Balaban J connectivity index is 1.41. The molecule has 3 aliphatic rings. The van der Waals surface area contributed by atoms with Gasteiger partial charge in [-0.05, 0) is 79.9 Å². The SMILES string of the molecule is CCCNC(CC1Cc2ccccc21)C1CC2CC2C1. The van der Waals surface area contributed by atoms with E-state index in [0.717, 1.165) is 29.7 Å². The fraction of sp³-hybridized carbons (Fsp3) is 0.684. The molecule has 4 unspecified atom stereocenters. The van der Waals surface area contributed by atoms with E-state index in [1.54, 1.807) is 17.5 Å². The lowest BCUT2D eigenvalue weighted by Crippen LogP contribution is -2.39. The van der Waals surface area contributed by atoms with Crippen molar-refractivity contribution in [2.75, 3.05) is 6.54 Å². The normalized spacial score (nSPS) is 35.0. The zero-order valence-corrected chi connectivity index (χ0v) is 12.6. The molecule has 0 aliphatic heterocycles. The van der Waals surface area contributed by atoms with Crippen molar-refractivity contribution in [1.82, 2.24) is 5.32 Å². The fourth-order valence-electron chi connectivity index (χ4n) is 4.74. The third kappa shape index (κ3) is 2.30. The summed E-state index contributed by atoms with van der Waals surface area (Å²) >= 11 is 0. The van der Waals surface area contributed by atoms with Gasteiger partial charge < -0.3 is 5.32 Å².